The number of carbonyl (C=O) groups is 1. The van der Waals surface area contributed by atoms with Crippen molar-refractivity contribution in [3.63, 3.8) is 0 Å². The summed E-state index contributed by atoms with van der Waals surface area (Å²) in [6.45, 7) is 6.01. The summed E-state index contributed by atoms with van der Waals surface area (Å²) < 4.78 is 8.71. The van der Waals surface area contributed by atoms with Crippen molar-refractivity contribution >= 4 is 34.2 Å². The second-order valence-electron chi connectivity index (χ2n) is 8.44. The van der Waals surface area contributed by atoms with Gasteiger partial charge in [-0.15, -0.1) is 10.2 Å². The zero-order valence-electron chi connectivity index (χ0n) is 19.9. The first-order valence-electron chi connectivity index (χ1n) is 11.2. The molecule has 2 heterocycles. The Morgan fingerprint density at radius 1 is 0.943 bits per heavy atom. The van der Waals surface area contributed by atoms with Gasteiger partial charge in [-0.1, -0.05) is 36.0 Å². The molecule has 7 nitrogen and oxygen atoms in total. The maximum Gasteiger partial charge on any atom is 0.267 e. The molecule has 0 amide bonds. The van der Waals surface area contributed by atoms with Crippen LogP contribution in [-0.4, -0.2) is 37.8 Å². The molecule has 0 fully saturated rings. The summed E-state index contributed by atoms with van der Waals surface area (Å²) in [6, 6.07) is 18.6. The first-order valence-corrected chi connectivity index (χ1v) is 12.1. The molecule has 0 radical (unpaired) electrons. The van der Waals surface area contributed by atoms with Crippen LogP contribution in [0.2, 0.25) is 0 Å². The molecule has 0 unspecified atom stereocenters. The lowest BCUT2D eigenvalue weighted by molar-refractivity contribution is 0.102. The van der Waals surface area contributed by atoms with Gasteiger partial charge < -0.3 is 4.74 Å². The number of aromatic nitrogens is 4. The van der Waals surface area contributed by atoms with Crippen molar-refractivity contribution in [3.05, 3.63) is 93.3 Å². The molecule has 0 aliphatic rings. The lowest BCUT2D eigenvalue weighted by Gasteiger charge is -2.12. The molecule has 5 rings (SSSR count). The Balaban J connectivity index is 1.62. The molecule has 0 aliphatic heterocycles. The Bertz CT molecular complexity index is 1670. The van der Waals surface area contributed by atoms with Crippen molar-refractivity contribution in [1.29, 1.82) is 0 Å². The highest BCUT2D eigenvalue weighted by molar-refractivity contribution is 7.99. The van der Waals surface area contributed by atoms with Gasteiger partial charge in [0.25, 0.3) is 5.56 Å². The lowest BCUT2D eigenvalue weighted by Crippen LogP contribution is -2.22. The number of ketones is 1. The first-order chi connectivity index (χ1) is 16.9. The van der Waals surface area contributed by atoms with Gasteiger partial charge in [0.1, 0.15) is 5.75 Å². The molecular formula is C27H24N4O3S. The van der Waals surface area contributed by atoms with Crippen LogP contribution >= 0.6 is 11.8 Å². The van der Waals surface area contributed by atoms with Gasteiger partial charge in [0.2, 0.25) is 5.78 Å². The molecule has 8 heteroatoms. The molecule has 0 saturated heterocycles. The van der Waals surface area contributed by atoms with E-state index in [1.165, 1.54) is 16.3 Å². The van der Waals surface area contributed by atoms with Crippen LogP contribution < -0.4 is 10.3 Å². The largest absolute Gasteiger partial charge is 0.497 e. The average Bonchev–Trinajstić information content (AvgIpc) is 3.28. The number of ether oxygens (including phenoxy) is 1. The van der Waals surface area contributed by atoms with Gasteiger partial charge in [-0.2, -0.15) is 0 Å². The Morgan fingerprint density at radius 2 is 1.71 bits per heavy atom. The number of nitrogens with zero attached hydrogens (tertiary/aromatic N) is 4. The van der Waals surface area contributed by atoms with E-state index in [0.717, 1.165) is 16.7 Å². The molecule has 0 spiro atoms. The summed E-state index contributed by atoms with van der Waals surface area (Å²) in [6.07, 6.45) is 0. The Labute approximate surface area is 206 Å². The minimum Gasteiger partial charge on any atom is -0.497 e. The molecule has 0 atom stereocenters. The number of fused-ring (bicyclic) bond motifs is 3. The Kier molecular flexibility index (Phi) is 5.90. The number of methoxy groups -OCH3 is 1. The van der Waals surface area contributed by atoms with Crippen LogP contribution in [-0.2, 0) is 0 Å². The molecule has 5 aromatic rings. The zero-order valence-corrected chi connectivity index (χ0v) is 20.7. The molecule has 3 aromatic carbocycles. The zero-order chi connectivity index (χ0) is 24.7. The van der Waals surface area contributed by atoms with E-state index in [1.54, 1.807) is 19.2 Å². The summed E-state index contributed by atoms with van der Waals surface area (Å²) in [7, 11) is 1.58. The maximum atomic E-state index is 13.5. The quantitative estimate of drug-likeness (QED) is 0.251. The monoisotopic (exact) mass is 484 g/mol. The van der Waals surface area contributed by atoms with E-state index in [9.17, 15) is 9.59 Å². The Hall–Kier alpha value is -3.91. The third-order valence-corrected chi connectivity index (χ3v) is 7.11. The fourth-order valence-electron chi connectivity index (χ4n) is 4.22. The van der Waals surface area contributed by atoms with Crippen LogP contribution in [0.3, 0.4) is 0 Å². The molecule has 35 heavy (non-hydrogen) atoms. The van der Waals surface area contributed by atoms with Crippen LogP contribution in [0.4, 0.5) is 0 Å². The summed E-state index contributed by atoms with van der Waals surface area (Å²) in [5.74, 6) is 1.23. The lowest BCUT2D eigenvalue weighted by atomic mass is 9.99. The summed E-state index contributed by atoms with van der Waals surface area (Å²) in [5, 5.41) is 9.80. The highest BCUT2D eigenvalue weighted by atomic mass is 32.2. The van der Waals surface area contributed by atoms with Gasteiger partial charge in [0.05, 0.1) is 29.5 Å². The number of hydrogen-bond acceptors (Lipinski definition) is 6. The SMILES string of the molecule is COc1cccc(-n2c(=O)c3ccccc3n3c(SCC(=O)c4cc(C)c(C)cc4C)nnc23)c1. The van der Waals surface area contributed by atoms with Crippen molar-refractivity contribution in [2.45, 2.75) is 25.9 Å². The fourth-order valence-corrected chi connectivity index (χ4v) is 5.05. The summed E-state index contributed by atoms with van der Waals surface area (Å²) in [4.78, 5) is 26.6. The van der Waals surface area contributed by atoms with Gasteiger partial charge in [-0.3, -0.25) is 14.0 Å². The number of carbonyl (C=O) groups excluding carboxylic acids is 1. The van der Waals surface area contributed by atoms with Crippen molar-refractivity contribution in [2.75, 3.05) is 12.9 Å². The molecule has 0 aliphatic carbocycles. The number of thioether (sulfide) groups is 1. The van der Waals surface area contributed by atoms with Gasteiger partial charge >= 0.3 is 0 Å². The second kappa shape index (κ2) is 9.03. The number of benzene rings is 3. The number of para-hydroxylation sites is 1. The molecule has 2 aromatic heterocycles. The smallest absolute Gasteiger partial charge is 0.267 e. The van der Waals surface area contributed by atoms with Gasteiger partial charge in [0.15, 0.2) is 10.9 Å². The van der Waals surface area contributed by atoms with Crippen LogP contribution in [0.1, 0.15) is 27.0 Å². The number of hydrogen-bond donors (Lipinski definition) is 0. The predicted octanol–water partition coefficient (Wildman–Crippen LogP) is 4.94. The number of Topliss-reactive ketones (excluding diaryl/α,β-unsaturated/α-hetero) is 1. The molecule has 176 valence electrons. The third kappa shape index (κ3) is 4.00. The number of aryl methyl sites for hydroxylation is 3. The van der Waals surface area contributed by atoms with Crippen LogP contribution in [0, 0.1) is 20.8 Å². The van der Waals surface area contributed by atoms with Crippen LogP contribution in [0.5, 0.6) is 5.75 Å². The van der Waals surface area contributed by atoms with Gasteiger partial charge in [0, 0.05) is 11.6 Å². The highest BCUT2D eigenvalue weighted by Crippen LogP contribution is 2.26. The summed E-state index contributed by atoms with van der Waals surface area (Å²) in [5.41, 5.74) is 5.04. The topological polar surface area (TPSA) is 78.5 Å². The highest BCUT2D eigenvalue weighted by Gasteiger charge is 2.20. The average molecular weight is 485 g/mol. The van der Waals surface area contributed by atoms with E-state index in [0.29, 0.717) is 38.8 Å². The van der Waals surface area contributed by atoms with E-state index in [-0.39, 0.29) is 17.1 Å². The minimum absolute atomic E-state index is 0.0257. The summed E-state index contributed by atoms with van der Waals surface area (Å²) >= 11 is 1.31. The molecular weight excluding hydrogens is 460 g/mol. The fraction of sp³-hybridized carbons (Fsp3) is 0.185. The third-order valence-electron chi connectivity index (χ3n) is 6.18. The van der Waals surface area contributed by atoms with E-state index in [4.69, 9.17) is 4.74 Å². The van der Waals surface area contributed by atoms with Crippen molar-refractivity contribution < 1.29 is 9.53 Å². The molecule has 0 saturated carbocycles. The second-order valence-corrected chi connectivity index (χ2v) is 9.38. The van der Waals surface area contributed by atoms with Crippen LogP contribution in [0.15, 0.2) is 70.6 Å². The molecule has 0 N–H and O–H groups in total. The maximum absolute atomic E-state index is 13.5. The van der Waals surface area contributed by atoms with E-state index in [1.807, 2.05) is 73.7 Å². The van der Waals surface area contributed by atoms with E-state index < -0.39 is 0 Å². The number of rotatable bonds is 6. The van der Waals surface area contributed by atoms with E-state index in [2.05, 4.69) is 10.2 Å². The molecule has 0 bridgehead atoms. The van der Waals surface area contributed by atoms with Crippen molar-refractivity contribution in [1.82, 2.24) is 19.2 Å². The van der Waals surface area contributed by atoms with E-state index >= 15 is 0 Å². The predicted molar refractivity (Wildman–Crippen MR) is 138 cm³/mol. The van der Waals surface area contributed by atoms with Gasteiger partial charge in [-0.25, -0.2) is 4.57 Å². The normalized spacial score (nSPS) is 11.3. The first kappa shape index (κ1) is 22.9. The Morgan fingerprint density at radius 3 is 2.51 bits per heavy atom. The minimum atomic E-state index is -0.202. The van der Waals surface area contributed by atoms with Gasteiger partial charge in [-0.05, 0) is 67.8 Å². The standard InChI is InChI=1S/C27H24N4O3S/c1-16-12-18(3)22(13-17(16)2)24(32)15-35-27-29-28-26-30(19-8-7-9-20(14-19)34-4)25(33)21-10-5-6-11-23(21)31(26)27/h5-14H,15H2,1-4H3. The van der Waals surface area contributed by atoms with Crippen molar-refractivity contribution in [2.24, 2.45) is 0 Å². The van der Waals surface area contributed by atoms with Crippen molar-refractivity contribution in [3.8, 4) is 11.4 Å². The van der Waals surface area contributed by atoms with Crippen LogP contribution in [0.25, 0.3) is 22.4 Å².